The largest absolute Gasteiger partial charge is 0.489 e. The van der Waals surface area contributed by atoms with Crippen LogP contribution in [0.2, 0.25) is 0 Å². The summed E-state index contributed by atoms with van der Waals surface area (Å²) in [6.45, 7) is 4.17. The minimum absolute atomic E-state index is 0.185. The van der Waals surface area contributed by atoms with E-state index in [-0.39, 0.29) is 5.82 Å². The molecule has 0 heterocycles. The number of rotatable bonds is 3. The topological polar surface area (TPSA) is 9.23 Å². The Bertz CT molecular complexity index is 503. The van der Waals surface area contributed by atoms with Gasteiger partial charge in [-0.15, -0.1) is 0 Å². The third-order valence-electron chi connectivity index (χ3n) is 2.66. The lowest BCUT2D eigenvalue weighted by Crippen LogP contribution is -1.96. The summed E-state index contributed by atoms with van der Waals surface area (Å²) in [4.78, 5) is 0. The molecule has 0 saturated heterocycles. The van der Waals surface area contributed by atoms with E-state index in [2.05, 4.69) is 0 Å². The fraction of sp³-hybridized carbons (Fsp3) is 0.200. The van der Waals surface area contributed by atoms with Gasteiger partial charge < -0.3 is 4.74 Å². The van der Waals surface area contributed by atoms with Gasteiger partial charge in [-0.05, 0) is 43.2 Å². The quantitative estimate of drug-likeness (QED) is 0.773. The lowest BCUT2D eigenvalue weighted by atomic mass is 10.1. The van der Waals surface area contributed by atoms with Gasteiger partial charge in [0.25, 0.3) is 0 Å². The zero-order valence-corrected chi connectivity index (χ0v) is 10.0. The van der Waals surface area contributed by atoms with Crippen LogP contribution in [-0.4, -0.2) is 0 Å². The third kappa shape index (κ3) is 3.06. The first kappa shape index (κ1) is 11.6. The molecule has 0 aliphatic carbocycles. The van der Waals surface area contributed by atoms with Crippen molar-refractivity contribution in [1.29, 1.82) is 0 Å². The maximum absolute atomic E-state index is 13.3. The molecule has 17 heavy (non-hydrogen) atoms. The SMILES string of the molecule is Cc1ccc(OCc2ccc(C)c(F)c2)cc1. The zero-order chi connectivity index (χ0) is 12.3. The molecule has 0 aliphatic heterocycles. The van der Waals surface area contributed by atoms with Gasteiger partial charge in [-0.1, -0.05) is 29.8 Å². The maximum Gasteiger partial charge on any atom is 0.126 e. The van der Waals surface area contributed by atoms with Crippen molar-refractivity contribution < 1.29 is 9.13 Å². The molecule has 0 saturated carbocycles. The van der Waals surface area contributed by atoms with Crippen molar-refractivity contribution in [3.8, 4) is 5.75 Å². The molecule has 0 amide bonds. The molecule has 0 unspecified atom stereocenters. The first-order valence-electron chi connectivity index (χ1n) is 5.59. The van der Waals surface area contributed by atoms with Crippen molar-refractivity contribution in [3.05, 3.63) is 65.0 Å². The molecule has 0 atom stereocenters. The molecule has 0 aliphatic rings. The van der Waals surface area contributed by atoms with Crippen LogP contribution in [0.15, 0.2) is 42.5 Å². The summed E-state index contributed by atoms with van der Waals surface area (Å²) in [7, 11) is 0. The molecule has 1 nitrogen and oxygen atoms in total. The number of ether oxygens (including phenoxy) is 1. The number of benzene rings is 2. The lowest BCUT2D eigenvalue weighted by Gasteiger charge is -2.07. The van der Waals surface area contributed by atoms with Crippen LogP contribution in [-0.2, 0) is 6.61 Å². The van der Waals surface area contributed by atoms with Crippen molar-refractivity contribution >= 4 is 0 Å². The van der Waals surface area contributed by atoms with Crippen LogP contribution in [0.1, 0.15) is 16.7 Å². The average molecular weight is 230 g/mol. The fourth-order valence-corrected chi connectivity index (χ4v) is 1.53. The van der Waals surface area contributed by atoms with Crippen molar-refractivity contribution in [2.45, 2.75) is 20.5 Å². The highest BCUT2D eigenvalue weighted by Crippen LogP contribution is 2.15. The maximum atomic E-state index is 13.3. The number of hydrogen-bond acceptors (Lipinski definition) is 1. The summed E-state index contributed by atoms with van der Waals surface area (Å²) in [6.07, 6.45) is 0. The fourth-order valence-electron chi connectivity index (χ4n) is 1.53. The second kappa shape index (κ2) is 5.00. The van der Waals surface area contributed by atoms with Crippen molar-refractivity contribution in [1.82, 2.24) is 0 Å². The normalized spacial score (nSPS) is 10.3. The highest BCUT2D eigenvalue weighted by Gasteiger charge is 2.00. The van der Waals surface area contributed by atoms with E-state index in [1.165, 1.54) is 11.6 Å². The Hall–Kier alpha value is -1.83. The Kier molecular flexibility index (Phi) is 3.43. The highest BCUT2D eigenvalue weighted by atomic mass is 19.1. The molecule has 0 fully saturated rings. The number of aryl methyl sites for hydroxylation is 2. The van der Waals surface area contributed by atoms with Crippen LogP contribution in [0.5, 0.6) is 5.75 Å². The molecule has 88 valence electrons. The Labute approximate surface area is 101 Å². The van der Waals surface area contributed by atoms with Gasteiger partial charge in [0.2, 0.25) is 0 Å². The average Bonchev–Trinajstić information content (AvgIpc) is 2.33. The molecule has 2 aromatic rings. The van der Waals surface area contributed by atoms with Gasteiger partial charge in [0.05, 0.1) is 0 Å². The second-order valence-corrected chi connectivity index (χ2v) is 4.19. The summed E-state index contributed by atoms with van der Waals surface area (Å²) < 4.78 is 18.9. The summed E-state index contributed by atoms with van der Waals surface area (Å²) >= 11 is 0. The molecular weight excluding hydrogens is 215 g/mol. The van der Waals surface area contributed by atoms with Crippen molar-refractivity contribution in [2.24, 2.45) is 0 Å². The number of halogens is 1. The molecule has 0 radical (unpaired) electrons. The van der Waals surface area contributed by atoms with E-state index in [4.69, 9.17) is 4.74 Å². The monoisotopic (exact) mass is 230 g/mol. The Morgan fingerprint density at radius 2 is 1.71 bits per heavy atom. The second-order valence-electron chi connectivity index (χ2n) is 4.19. The predicted octanol–water partition coefficient (Wildman–Crippen LogP) is 4.02. The molecule has 0 aromatic heterocycles. The zero-order valence-electron chi connectivity index (χ0n) is 10.0. The van der Waals surface area contributed by atoms with Crippen LogP contribution in [0.3, 0.4) is 0 Å². The van der Waals surface area contributed by atoms with E-state index in [1.807, 2.05) is 37.3 Å². The molecule has 0 N–H and O–H groups in total. The van der Waals surface area contributed by atoms with E-state index < -0.39 is 0 Å². The Morgan fingerprint density at radius 3 is 2.35 bits per heavy atom. The number of hydrogen-bond donors (Lipinski definition) is 0. The summed E-state index contributed by atoms with van der Waals surface area (Å²) in [6, 6.07) is 13.0. The van der Waals surface area contributed by atoms with E-state index in [1.54, 1.807) is 13.0 Å². The molecule has 2 rings (SSSR count). The van der Waals surface area contributed by atoms with Gasteiger partial charge in [0.1, 0.15) is 18.2 Å². The van der Waals surface area contributed by atoms with Gasteiger partial charge in [-0.2, -0.15) is 0 Å². The first-order valence-corrected chi connectivity index (χ1v) is 5.59. The highest BCUT2D eigenvalue weighted by molar-refractivity contribution is 5.27. The van der Waals surface area contributed by atoms with E-state index in [0.29, 0.717) is 12.2 Å². The Balaban J connectivity index is 2.02. The molecule has 0 bridgehead atoms. The molecule has 0 spiro atoms. The Morgan fingerprint density at radius 1 is 1.00 bits per heavy atom. The van der Waals surface area contributed by atoms with Gasteiger partial charge in [-0.25, -0.2) is 4.39 Å². The van der Waals surface area contributed by atoms with Crippen LogP contribution >= 0.6 is 0 Å². The first-order chi connectivity index (χ1) is 8.15. The molecular formula is C15H15FO. The van der Waals surface area contributed by atoms with Crippen molar-refractivity contribution in [3.63, 3.8) is 0 Å². The summed E-state index contributed by atoms with van der Waals surface area (Å²) in [5, 5.41) is 0. The smallest absolute Gasteiger partial charge is 0.126 e. The van der Waals surface area contributed by atoms with Gasteiger partial charge in [0, 0.05) is 0 Å². The molecule has 2 heteroatoms. The van der Waals surface area contributed by atoms with E-state index in [9.17, 15) is 4.39 Å². The van der Waals surface area contributed by atoms with Gasteiger partial charge in [-0.3, -0.25) is 0 Å². The van der Waals surface area contributed by atoms with E-state index in [0.717, 1.165) is 11.3 Å². The summed E-state index contributed by atoms with van der Waals surface area (Å²) in [5.41, 5.74) is 2.69. The minimum atomic E-state index is -0.185. The molecule has 2 aromatic carbocycles. The van der Waals surface area contributed by atoms with Crippen molar-refractivity contribution in [2.75, 3.05) is 0 Å². The summed E-state index contributed by atoms with van der Waals surface area (Å²) in [5.74, 6) is 0.617. The van der Waals surface area contributed by atoms with Crippen LogP contribution in [0.4, 0.5) is 4.39 Å². The van der Waals surface area contributed by atoms with Gasteiger partial charge in [0.15, 0.2) is 0 Å². The van der Waals surface area contributed by atoms with E-state index >= 15 is 0 Å². The van der Waals surface area contributed by atoms with Crippen LogP contribution in [0.25, 0.3) is 0 Å². The van der Waals surface area contributed by atoms with Crippen LogP contribution in [0, 0.1) is 19.7 Å². The van der Waals surface area contributed by atoms with Gasteiger partial charge >= 0.3 is 0 Å². The standard InChI is InChI=1S/C15H15FO/c1-11-3-7-14(8-4-11)17-10-13-6-5-12(2)15(16)9-13/h3-9H,10H2,1-2H3. The lowest BCUT2D eigenvalue weighted by molar-refractivity contribution is 0.305. The minimum Gasteiger partial charge on any atom is -0.489 e. The van der Waals surface area contributed by atoms with Crippen LogP contribution < -0.4 is 4.74 Å². The third-order valence-corrected chi connectivity index (χ3v) is 2.66. The predicted molar refractivity (Wildman–Crippen MR) is 66.6 cm³/mol.